The molecule has 0 bridgehead atoms. The van der Waals surface area contributed by atoms with E-state index in [1.807, 2.05) is 0 Å². The lowest BCUT2D eigenvalue weighted by molar-refractivity contribution is 0.631. The van der Waals surface area contributed by atoms with Gasteiger partial charge < -0.3 is 9.80 Å². The van der Waals surface area contributed by atoms with Gasteiger partial charge in [0.15, 0.2) is 0 Å². The first kappa shape index (κ1) is 41.2. The minimum absolute atomic E-state index is 0.224. The molecule has 0 fully saturated rings. The van der Waals surface area contributed by atoms with Crippen LogP contribution in [-0.4, -0.2) is 0 Å². The Morgan fingerprint density at radius 1 is 0.221 bits per heavy atom. The first-order valence-corrected chi connectivity index (χ1v) is 23.8. The van der Waals surface area contributed by atoms with E-state index in [-0.39, 0.29) is 10.8 Å². The van der Waals surface area contributed by atoms with Crippen LogP contribution in [0.4, 0.5) is 34.1 Å². The third-order valence-corrected chi connectivity index (χ3v) is 14.7. The minimum Gasteiger partial charge on any atom is -0.310 e. The standard InChI is InChI=1S/C66H52N2/c1-65(2)57-19-11-13-21-61(57)67(55-37-31-51(32-38-55)49-27-23-47(24-28-49)45-15-7-5-8-16-45)63-41-35-53(43-59(63)65)54-36-42-64-60(44-54)66(3,4)58-20-12-14-22-62(58)68(64)56-39-33-52(34-40-56)50-29-25-48(26-30-50)46-17-9-6-10-18-46/h5-44H,1-4H3. The average molecular weight is 873 g/mol. The van der Waals surface area contributed by atoms with Gasteiger partial charge in [-0.25, -0.2) is 0 Å². The Bertz CT molecular complexity index is 3220. The van der Waals surface area contributed by atoms with Gasteiger partial charge in [-0.1, -0.05) is 210 Å². The van der Waals surface area contributed by atoms with Crippen LogP contribution in [0.15, 0.2) is 243 Å². The molecule has 0 saturated heterocycles. The summed E-state index contributed by atoms with van der Waals surface area (Å²) >= 11 is 0. The molecular weight excluding hydrogens is 821 g/mol. The molecule has 0 aliphatic carbocycles. The second-order valence-corrected chi connectivity index (χ2v) is 19.4. The molecule has 2 aliphatic rings. The van der Waals surface area contributed by atoms with Crippen LogP contribution in [0.3, 0.4) is 0 Å². The molecule has 10 aromatic rings. The van der Waals surface area contributed by atoms with Crippen LogP contribution in [0.25, 0.3) is 55.6 Å². The number of fused-ring (bicyclic) bond motifs is 4. The largest absolute Gasteiger partial charge is 0.310 e. The summed E-state index contributed by atoms with van der Waals surface area (Å²) in [7, 11) is 0. The van der Waals surface area contributed by atoms with Gasteiger partial charge in [0.05, 0.1) is 22.7 Å². The highest BCUT2D eigenvalue weighted by molar-refractivity contribution is 5.91. The summed E-state index contributed by atoms with van der Waals surface area (Å²) in [6.45, 7) is 9.52. The number of hydrogen-bond donors (Lipinski definition) is 0. The number of benzene rings is 10. The van der Waals surface area contributed by atoms with Crippen molar-refractivity contribution in [2.45, 2.75) is 38.5 Å². The quantitative estimate of drug-likeness (QED) is 0.157. The van der Waals surface area contributed by atoms with Crippen molar-refractivity contribution in [3.8, 4) is 55.6 Å². The van der Waals surface area contributed by atoms with Crippen molar-refractivity contribution in [3.05, 3.63) is 265 Å². The van der Waals surface area contributed by atoms with E-state index >= 15 is 0 Å². The fraction of sp³-hybridized carbons (Fsp3) is 0.0909. The highest BCUT2D eigenvalue weighted by atomic mass is 15.2. The lowest BCUT2D eigenvalue weighted by Crippen LogP contribution is -2.31. The molecule has 0 atom stereocenters. The van der Waals surface area contributed by atoms with E-state index in [1.54, 1.807) is 0 Å². The molecule has 0 amide bonds. The van der Waals surface area contributed by atoms with Crippen LogP contribution >= 0.6 is 0 Å². The van der Waals surface area contributed by atoms with E-state index in [9.17, 15) is 0 Å². The zero-order valence-electron chi connectivity index (χ0n) is 39.0. The molecule has 2 aliphatic heterocycles. The van der Waals surface area contributed by atoms with E-state index in [1.165, 1.54) is 101 Å². The fourth-order valence-electron chi connectivity index (χ4n) is 10.9. The van der Waals surface area contributed by atoms with Crippen molar-refractivity contribution in [1.29, 1.82) is 0 Å². The van der Waals surface area contributed by atoms with E-state index in [2.05, 4.69) is 280 Å². The molecule has 12 rings (SSSR count). The smallest absolute Gasteiger partial charge is 0.0503 e. The number of hydrogen-bond acceptors (Lipinski definition) is 2. The van der Waals surface area contributed by atoms with Gasteiger partial charge in [0.2, 0.25) is 0 Å². The van der Waals surface area contributed by atoms with Gasteiger partial charge in [-0.2, -0.15) is 0 Å². The van der Waals surface area contributed by atoms with Crippen molar-refractivity contribution in [2.75, 3.05) is 9.80 Å². The zero-order chi connectivity index (χ0) is 46.0. The van der Waals surface area contributed by atoms with Crippen molar-refractivity contribution in [3.63, 3.8) is 0 Å². The summed E-state index contributed by atoms with van der Waals surface area (Å²) in [4.78, 5) is 4.91. The van der Waals surface area contributed by atoms with E-state index in [0.717, 1.165) is 11.4 Å². The molecule has 10 aromatic carbocycles. The van der Waals surface area contributed by atoms with Crippen LogP contribution in [0, 0.1) is 0 Å². The second kappa shape index (κ2) is 16.3. The van der Waals surface area contributed by atoms with Gasteiger partial charge in [-0.3, -0.25) is 0 Å². The molecule has 0 aromatic heterocycles. The minimum atomic E-state index is -0.224. The van der Waals surface area contributed by atoms with Crippen LogP contribution < -0.4 is 9.80 Å². The summed E-state index contributed by atoms with van der Waals surface area (Å²) in [6.07, 6.45) is 0. The maximum atomic E-state index is 2.46. The Kier molecular flexibility index (Phi) is 9.88. The predicted octanol–water partition coefficient (Wildman–Crippen LogP) is 18.2. The van der Waals surface area contributed by atoms with E-state index in [4.69, 9.17) is 0 Å². The first-order chi connectivity index (χ1) is 33.2. The SMILES string of the molecule is CC1(C)c2ccccc2N(c2ccc(-c3ccc(-c4ccccc4)cc3)cc2)c2ccc(-c3ccc4c(c3)C(C)(C)c3ccccc3N4c3ccc(-c4ccc(-c5ccccc5)cc4)cc3)cc21. The molecule has 0 unspecified atom stereocenters. The molecule has 0 saturated carbocycles. The van der Waals surface area contributed by atoms with Gasteiger partial charge in [-0.15, -0.1) is 0 Å². The Balaban J connectivity index is 0.887. The number of nitrogens with zero attached hydrogens (tertiary/aromatic N) is 2. The molecule has 2 heteroatoms. The molecular formula is C66H52N2. The summed E-state index contributed by atoms with van der Waals surface area (Å²) in [5.41, 5.74) is 24.2. The highest BCUT2D eigenvalue weighted by Gasteiger charge is 2.39. The van der Waals surface area contributed by atoms with Gasteiger partial charge in [0, 0.05) is 22.2 Å². The van der Waals surface area contributed by atoms with Crippen molar-refractivity contribution in [2.24, 2.45) is 0 Å². The van der Waals surface area contributed by atoms with Crippen LogP contribution in [-0.2, 0) is 10.8 Å². The Labute approximate surface area is 401 Å². The van der Waals surface area contributed by atoms with Gasteiger partial charge in [0.25, 0.3) is 0 Å². The van der Waals surface area contributed by atoms with Crippen LogP contribution in [0.1, 0.15) is 49.9 Å². The second-order valence-electron chi connectivity index (χ2n) is 19.4. The third kappa shape index (κ3) is 6.95. The summed E-state index contributed by atoms with van der Waals surface area (Å²) < 4.78 is 0. The summed E-state index contributed by atoms with van der Waals surface area (Å²) in [5, 5.41) is 0. The van der Waals surface area contributed by atoms with Crippen molar-refractivity contribution in [1.82, 2.24) is 0 Å². The highest BCUT2D eigenvalue weighted by Crippen LogP contribution is 2.55. The fourth-order valence-corrected chi connectivity index (χ4v) is 10.9. The van der Waals surface area contributed by atoms with Gasteiger partial charge >= 0.3 is 0 Å². The maximum absolute atomic E-state index is 2.46. The Morgan fingerprint density at radius 2 is 0.471 bits per heavy atom. The van der Waals surface area contributed by atoms with E-state index in [0.29, 0.717) is 0 Å². The van der Waals surface area contributed by atoms with Crippen LogP contribution in [0.5, 0.6) is 0 Å². The lowest BCUT2D eigenvalue weighted by atomic mass is 9.71. The monoisotopic (exact) mass is 872 g/mol. The Morgan fingerprint density at radius 3 is 0.809 bits per heavy atom. The predicted molar refractivity (Wildman–Crippen MR) is 287 cm³/mol. The number of para-hydroxylation sites is 2. The maximum Gasteiger partial charge on any atom is 0.0503 e. The van der Waals surface area contributed by atoms with Crippen molar-refractivity contribution >= 4 is 34.1 Å². The average Bonchev–Trinajstić information content (AvgIpc) is 3.40. The molecule has 0 N–H and O–H groups in total. The molecule has 68 heavy (non-hydrogen) atoms. The third-order valence-electron chi connectivity index (χ3n) is 14.7. The molecule has 0 radical (unpaired) electrons. The van der Waals surface area contributed by atoms with Gasteiger partial charge in [0.1, 0.15) is 0 Å². The van der Waals surface area contributed by atoms with Crippen molar-refractivity contribution < 1.29 is 0 Å². The van der Waals surface area contributed by atoms with Crippen LogP contribution in [0.2, 0.25) is 0 Å². The summed E-state index contributed by atoms with van der Waals surface area (Å²) in [5.74, 6) is 0. The molecule has 0 spiro atoms. The number of anilines is 6. The molecule has 326 valence electrons. The topological polar surface area (TPSA) is 6.48 Å². The van der Waals surface area contributed by atoms with Gasteiger partial charge in [-0.05, 0) is 139 Å². The zero-order valence-corrected chi connectivity index (χ0v) is 39.0. The Hall–Kier alpha value is -8.20. The number of rotatable bonds is 7. The lowest BCUT2D eigenvalue weighted by Gasteiger charge is -2.43. The first-order valence-electron chi connectivity index (χ1n) is 23.8. The normalized spacial score (nSPS) is 14.1. The van der Waals surface area contributed by atoms with E-state index < -0.39 is 0 Å². The molecule has 2 heterocycles. The molecule has 2 nitrogen and oxygen atoms in total. The summed E-state index contributed by atoms with van der Waals surface area (Å²) in [6, 6.07) is 89.2.